The average Bonchev–Trinajstić information content (AvgIpc) is 1.37. The number of anilines is 1. The molecule has 8 aliphatic rings. The fraction of sp³-hybridized carbons (Fsp3) is 0.904. The van der Waals surface area contributed by atoms with Gasteiger partial charge in [0.1, 0.15) is 24.4 Å². The molecule has 0 spiro atoms. The van der Waals surface area contributed by atoms with E-state index < -0.39 is 156 Å². The number of benzene rings is 1. The molecule has 1 aromatic carbocycles. The van der Waals surface area contributed by atoms with Crippen molar-refractivity contribution in [2.45, 2.75) is 314 Å². The Morgan fingerprint density at radius 1 is 0.442 bits per heavy atom. The number of nitrogens with one attached hydrogen (secondary N) is 1. The third-order valence-corrected chi connectivity index (χ3v) is 61.9. The Kier molecular flexibility index (Phi) is 56.6. The molecule has 8 saturated heterocycles. The number of amides is 2. The van der Waals surface area contributed by atoms with Gasteiger partial charge < -0.3 is 91.7 Å². The number of epoxide rings is 4. The van der Waals surface area contributed by atoms with Crippen molar-refractivity contribution >= 4 is 98.5 Å². The van der Waals surface area contributed by atoms with Crippen molar-refractivity contribution in [2.75, 3.05) is 171 Å². The first kappa shape index (κ1) is 128. The molecule has 1 aromatic rings. The summed E-state index contributed by atoms with van der Waals surface area (Å²) in [5.41, 5.74) is -0.469. The average molecular weight is 2200 g/mol. The number of halogens is 22. The summed E-state index contributed by atoms with van der Waals surface area (Å²) in [5.74, 6) is -16.5. The number of hydrogen-bond donors (Lipinski definition) is 1. The Morgan fingerprint density at radius 2 is 0.754 bits per heavy atom. The molecular formula is C83H148F22N2O22Si9. The highest BCUT2D eigenvalue weighted by molar-refractivity contribution is 6.92. The number of nitrogens with zero attached hydrogens (tertiary/aromatic N) is 1. The third kappa shape index (κ3) is 53.1. The first-order valence-electron chi connectivity index (χ1n) is 47.3. The van der Waals surface area contributed by atoms with Gasteiger partial charge in [-0.1, -0.05) is 62.1 Å². The molecule has 8 aliphatic heterocycles. The summed E-state index contributed by atoms with van der Waals surface area (Å²) in [4.78, 5) is 25.2. The second kappa shape index (κ2) is 61.0. The van der Waals surface area contributed by atoms with Crippen LogP contribution in [0.2, 0.25) is 144 Å². The molecule has 138 heavy (non-hydrogen) atoms. The van der Waals surface area contributed by atoms with Crippen LogP contribution in [0.3, 0.4) is 0 Å². The molecule has 8 fully saturated rings. The molecular weight excluding hydrogens is 2050 g/mol. The summed E-state index contributed by atoms with van der Waals surface area (Å²) in [6.45, 7) is 31.2. The van der Waals surface area contributed by atoms with E-state index in [4.69, 9.17) is 81.5 Å². The van der Waals surface area contributed by atoms with Crippen molar-refractivity contribution in [2.24, 2.45) is 0 Å². The topological polar surface area (TPSA) is 247 Å². The van der Waals surface area contributed by atoms with Gasteiger partial charge in [0.25, 0.3) is 0 Å². The van der Waals surface area contributed by atoms with Crippen molar-refractivity contribution in [1.29, 1.82) is 0 Å². The lowest BCUT2D eigenvalue weighted by molar-refractivity contribution is -0.472. The SMILES string of the molecule is CN(C(=O)C(F)(OC(F)(F)C(F)(F)C(F)(F)F)C(F)(F)F)c1cccc([Si](C)(C)CC[Si]2(C)CCCCO[Si](C)(CCCOCC3CO3)O2)c1.C[Si]1(CCCNC(=O)F)CCCCO[Si](C)(CCCOCC2CO2)O1.C[Si]1(CCCOCC2CO2)CCCCO[Si](C)(CCCOCCCOCCC[Si]2(C)CCCCO[Si](C)(CCCOCC3CO3)O2)O1.FCC(F)(F)F.FCF.FOCC(F)(F)F. The maximum absolute atomic E-state index is 15.1. The van der Waals surface area contributed by atoms with Crippen LogP contribution in [-0.4, -0.2) is 321 Å². The highest BCUT2D eigenvalue weighted by Gasteiger charge is 2.80. The number of carbonyl (C=O) groups is 2. The zero-order chi connectivity index (χ0) is 103. The number of hydrogen-bond acceptors (Lipinski definition) is 22. The number of likely N-dealkylation sites (N-methyl/N-ethyl adjacent to an activating group) is 1. The van der Waals surface area contributed by atoms with Crippen LogP contribution in [0.4, 0.5) is 107 Å². The van der Waals surface area contributed by atoms with E-state index in [0.717, 1.165) is 249 Å². The minimum atomic E-state index is -7.27. The van der Waals surface area contributed by atoms with Gasteiger partial charge in [0.15, 0.2) is 46.6 Å². The van der Waals surface area contributed by atoms with Gasteiger partial charge in [-0.15, -0.1) is 4.39 Å². The summed E-state index contributed by atoms with van der Waals surface area (Å²) in [7, 11) is -19.1. The standard InChI is InChI=1S/C33H68O10Si4.C29H42F11NO6Si3.C16H32FNO5Si2.C2H2F4O.C2H2F4.CH2F2/c1-44(22-7-5-21-41-47(4,42-44)27-13-19-37-29-33-31-39-33)24-10-16-34-14-9-15-35-17-12-26-46(3)40-20-6-8-23-45(2,43-46)25-11-18-36-28-32-30-38-32;1-41(24(42)25(30,27(33,34)35)46-29(39,40)26(31,32)28(36,37)38)21-10-8-11-23(18-21)48(2,3)16-17-49(4)14-7-6-13-45-50(5,47-49)15-9-12-43-19-22-20-44-22;1-24(11-5-7-18-16(17)19)10-4-3-9-22-25(2,23-24)12-6-8-20-13-15-14-21-15;3-2(4,5)1-7-6;3-1-2(4,5)6;2-1-3/h32-33H,5-31H2,1-4H3;8,10-11,18,22H,6-7,9,12-17,19-20H2,1-5H3;15H,3-14H2,1-2H3,(H,18,19);1H2;1H2;1H2. The zero-order valence-electron chi connectivity index (χ0n) is 81.3. The normalized spacial score (nSPS) is 28.2. The number of carbonyl (C=O) groups excluding carboxylic acids is 2. The smallest absolute Gasteiger partial charge is 0.436 e. The first-order valence-corrected chi connectivity index (χ1v) is 71.9. The first-order chi connectivity index (χ1) is 64.3. The lowest BCUT2D eigenvalue weighted by atomic mass is 10.2. The van der Waals surface area contributed by atoms with Crippen LogP contribution in [-0.2, 0) is 96.0 Å². The molecule has 24 nitrogen and oxygen atoms in total. The van der Waals surface area contributed by atoms with Crippen molar-refractivity contribution in [3.05, 3.63) is 24.3 Å². The second-order valence-electron chi connectivity index (χ2n) is 37.9. The lowest BCUT2D eigenvalue weighted by Gasteiger charge is -2.41. The minimum absolute atomic E-state index is 0.118. The monoisotopic (exact) mass is 2190 g/mol. The minimum Gasteiger partial charge on any atom is -0.436 e. The van der Waals surface area contributed by atoms with Gasteiger partial charge in [0.05, 0.1) is 60.9 Å². The van der Waals surface area contributed by atoms with Crippen LogP contribution in [0.15, 0.2) is 24.3 Å². The predicted octanol–water partition coefficient (Wildman–Crippen LogP) is 21.8. The van der Waals surface area contributed by atoms with Gasteiger partial charge >= 0.3 is 88.9 Å². The quantitative estimate of drug-likeness (QED) is 0.0159. The van der Waals surface area contributed by atoms with Crippen molar-refractivity contribution < 1.29 is 198 Å². The summed E-state index contributed by atoms with van der Waals surface area (Å²) in [6.07, 6.45) is -14.3. The molecule has 0 aliphatic carbocycles. The molecule has 812 valence electrons. The summed E-state index contributed by atoms with van der Waals surface area (Å²) in [6, 6.07) is 17.8. The number of alkyl halides is 20. The number of ether oxygens (including phenoxy) is 11. The molecule has 13 unspecified atom stereocenters. The summed E-state index contributed by atoms with van der Waals surface area (Å²) in [5, 5.41) is 2.78. The Hall–Kier alpha value is -2.23. The molecule has 0 saturated carbocycles. The van der Waals surface area contributed by atoms with Crippen molar-refractivity contribution in [3.63, 3.8) is 0 Å². The van der Waals surface area contributed by atoms with Crippen LogP contribution in [0.5, 0.6) is 0 Å². The molecule has 8 heterocycles. The fourth-order valence-corrected chi connectivity index (χ4v) is 58.0. The van der Waals surface area contributed by atoms with E-state index in [1.54, 1.807) is 6.07 Å². The molecule has 55 heteroatoms. The van der Waals surface area contributed by atoms with E-state index >= 15 is 4.39 Å². The fourth-order valence-electron chi connectivity index (χ4n) is 15.8. The van der Waals surface area contributed by atoms with Crippen molar-refractivity contribution in [1.82, 2.24) is 5.32 Å². The molecule has 9 rings (SSSR count). The van der Waals surface area contributed by atoms with Gasteiger partial charge in [0, 0.05) is 98.6 Å². The van der Waals surface area contributed by atoms with Gasteiger partial charge in [0.2, 0.25) is 6.93 Å². The highest BCUT2D eigenvalue weighted by Crippen LogP contribution is 2.52. The van der Waals surface area contributed by atoms with Crippen LogP contribution < -0.4 is 15.4 Å². The predicted molar refractivity (Wildman–Crippen MR) is 492 cm³/mol. The van der Waals surface area contributed by atoms with E-state index in [9.17, 15) is 102 Å². The third-order valence-electron chi connectivity index (χ3n) is 23.7. The lowest BCUT2D eigenvalue weighted by Crippen LogP contribution is -2.63. The maximum atomic E-state index is 15.1. The van der Waals surface area contributed by atoms with Gasteiger partial charge in [-0.05, 0) is 219 Å². The summed E-state index contributed by atoms with van der Waals surface area (Å²) >= 11 is 0. The van der Waals surface area contributed by atoms with E-state index in [0.29, 0.717) is 82.2 Å². The van der Waals surface area contributed by atoms with Crippen LogP contribution in [0.25, 0.3) is 0 Å². The Bertz CT molecular complexity index is 3470. The highest BCUT2D eigenvalue weighted by atomic mass is 28.5. The summed E-state index contributed by atoms with van der Waals surface area (Å²) < 4.78 is 374. The van der Waals surface area contributed by atoms with Gasteiger partial charge in [-0.2, -0.15) is 79.6 Å². The molecule has 0 bridgehead atoms. The van der Waals surface area contributed by atoms with Crippen LogP contribution in [0.1, 0.15) is 103 Å². The zero-order valence-corrected chi connectivity index (χ0v) is 90.3. The van der Waals surface area contributed by atoms with E-state index in [1.807, 2.05) is 19.6 Å². The second-order valence-corrected chi connectivity index (χ2v) is 73.8. The van der Waals surface area contributed by atoms with E-state index in [1.165, 1.54) is 37.1 Å². The van der Waals surface area contributed by atoms with E-state index in [-0.39, 0.29) is 11.0 Å². The molecule has 0 aromatic heterocycles. The van der Waals surface area contributed by atoms with Crippen LogP contribution in [0, 0.1) is 0 Å². The molecule has 0 radical (unpaired) electrons. The Morgan fingerprint density at radius 3 is 1.04 bits per heavy atom. The van der Waals surface area contributed by atoms with Crippen molar-refractivity contribution in [3.8, 4) is 0 Å². The molecule has 13 atom stereocenters. The molecule has 1 N–H and O–H groups in total. The van der Waals surface area contributed by atoms with E-state index in [2.05, 4.69) is 60.8 Å². The van der Waals surface area contributed by atoms with Gasteiger partial charge in [-0.3, -0.25) is 9.53 Å². The molecule has 2 amide bonds. The van der Waals surface area contributed by atoms with Gasteiger partial charge in [-0.25, -0.2) is 18.0 Å². The number of rotatable bonds is 50. The largest absolute Gasteiger partial charge is 0.462 e. The Labute approximate surface area is 806 Å². The van der Waals surface area contributed by atoms with Crippen LogP contribution >= 0.6 is 0 Å². The Balaban J connectivity index is 0.000000414. The maximum Gasteiger partial charge on any atom is 0.462 e.